The second kappa shape index (κ2) is 5.90. The summed E-state index contributed by atoms with van der Waals surface area (Å²) in [6.45, 7) is 4.13. The van der Waals surface area contributed by atoms with E-state index in [1.807, 2.05) is 0 Å². The summed E-state index contributed by atoms with van der Waals surface area (Å²) in [6, 6.07) is 15.1. The van der Waals surface area contributed by atoms with Crippen molar-refractivity contribution in [2.75, 3.05) is 26.2 Å². The second-order valence-electron chi connectivity index (χ2n) is 6.78. The number of fused-ring (bicyclic) bond motifs is 2. The van der Waals surface area contributed by atoms with Crippen molar-refractivity contribution in [2.24, 2.45) is 17.6 Å². The molecule has 3 heteroatoms. The molecule has 1 aliphatic heterocycles. The van der Waals surface area contributed by atoms with Crippen LogP contribution in [0.5, 0.6) is 5.75 Å². The van der Waals surface area contributed by atoms with Crippen LogP contribution < -0.4 is 10.5 Å². The molecule has 1 saturated heterocycles. The van der Waals surface area contributed by atoms with E-state index in [1.54, 1.807) is 0 Å². The van der Waals surface area contributed by atoms with E-state index in [-0.39, 0.29) is 0 Å². The number of hydrogen-bond acceptors (Lipinski definition) is 3. The molecule has 0 aromatic heterocycles. The van der Waals surface area contributed by atoms with Gasteiger partial charge in [0.15, 0.2) is 0 Å². The van der Waals surface area contributed by atoms with Gasteiger partial charge >= 0.3 is 0 Å². The Hall–Kier alpha value is -1.58. The van der Waals surface area contributed by atoms with Crippen molar-refractivity contribution in [3.8, 4) is 5.75 Å². The van der Waals surface area contributed by atoms with Crippen LogP contribution in [0.1, 0.15) is 12.8 Å². The van der Waals surface area contributed by atoms with Gasteiger partial charge in [0, 0.05) is 25.7 Å². The third-order valence-electron chi connectivity index (χ3n) is 5.39. The fourth-order valence-electron chi connectivity index (χ4n) is 4.13. The summed E-state index contributed by atoms with van der Waals surface area (Å²) in [5, 5.41) is 2.50. The number of hydrogen-bond donors (Lipinski definition) is 1. The van der Waals surface area contributed by atoms with E-state index in [0.717, 1.165) is 37.3 Å². The molecule has 1 aliphatic carbocycles. The molecule has 116 valence electrons. The molecule has 3 nitrogen and oxygen atoms in total. The number of ether oxygens (including phenoxy) is 1. The first-order valence-electron chi connectivity index (χ1n) is 8.39. The van der Waals surface area contributed by atoms with E-state index in [0.29, 0.717) is 6.04 Å². The van der Waals surface area contributed by atoms with Crippen molar-refractivity contribution in [1.29, 1.82) is 0 Å². The van der Waals surface area contributed by atoms with Gasteiger partial charge in [-0.05, 0) is 47.6 Å². The maximum Gasteiger partial charge on any atom is 0.120 e. The molecule has 0 radical (unpaired) electrons. The molecular weight excluding hydrogens is 272 g/mol. The van der Waals surface area contributed by atoms with Gasteiger partial charge in [-0.1, -0.05) is 30.3 Å². The molecule has 3 atom stereocenters. The van der Waals surface area contributed by atoms with Gasteiger partial charge in [0.2, 0.25) is 0 Å². The molecule has 0 amide bonds. The third-order valence-corrected chi connectivity index (χ3v) is 5.39. The maximum atomic E-state index is 6.20. The number of rotatable bonds is 4. The molecule has 2 aromatic rings. The Morgan fingerprint density at radius 1 is 1.05 bits per heavy atom. The summed E-state index contributed by atoms with van der Waals surface area (Å²) >= 11 is 0. The summed E-state index contributed by atoms with van der Waals surface area (Å²) in [6.07, 6.45) is 2.53. The fourth-order valence-corrected chi connectivity index (χ4v) is 4.13. The minimum absolute atomic E-state index is 0.427. The molecule has 1 saturated carbocycles. The molecule has 0 bridgehead atoms. The first-order chi connectivity index (χ1) is 10.8. The first kappa shape index (κ1) is 14.0. The molecule has 2 aliphatic rings. The third kappa shape index (κ3) is 2.71. The number of nitrogens with zero attached hydrogens (tertiary/aromatic N) is 1. The normalized spacial score (nSPS) is 28.1. The molecule has 3 unspecified atom stereocenters. The number of likely N-dealkylation sites (tertiary alicyclic amines) is 1. The van der Waals surface area contributed by atoms with Crippen molar-refractivity contribution in [3.63, 3.8) is 0 Å². The van der Waals surface area contributed by atoms with Gasteiger partial charge in [0.05, 0.1) is 0 Å². The van der Waals surface area contributed by atoms with E-state index in [4.69, 9.17) is 10.5 Å². The van der Waals surface area contributed by atoms with Gasteiger partial charge in [-0.2, -0.15) is 0 Å². The van der Waals surface area contributed by atoms with Crippen molar-refractivity contribution < 1.29 is 4.74 Å². The Labute approximate surface area is 132 Å². The van der Waals surface area contributed by atoms with Crippen molar-refractivity contribution in [3.05, 3.63) is 42.5 Å². The molecule has 4 rings (SSSR count). The van der Waals surface area contributed by atoms with Crippen LogP contribution in [0.4, 0.5) is 0 Å². The zero-order chi connectivity index (χ0) is 14.9. The Balaban J connectivity index is 1.31. The summed E-state index contributed by atoms with van der Waals surface area (Å²) in [5.74, 6) is 2.52. The van der Waals surface area contributed by atoms with Crippen molar-refractivity contribution in [1.82, 2.24) is 4.90 Å². The molecule has 2 aromatic carbocycles. The molecule has 2 N–H and O–H groups in total. The second-order valence-corrected chi connectivity index (χ2v) is 6.78. The smallest absolute Gasteiger partial charge is 0.120 e. The van der Waals surface area contributed by atoms with E-state index in [2.05, 4.69) is 47.4 Å². The minimum atomic E-state index is 0.427. The quantitative estimate of drug-likeness (QED) is 0.943. The molecule has 0 spiro atoms. The highest BCUT2D eigenvalue weighted by Gasteiger charge is 2.40. The predicted molar refractivity (Wildman–Crippen MR) is 90.1 cm³/mol. The van der Waals surface area contributed by atoms with Crippen molar-refractivity contribution in [2.45, 2.75) is 18.9 Å². The van der Waals surface area contributed by atoms with E-state index >= 15 is 0 Å². The van der Waals surface area contributed by atoms with Crippen LogP contribution in [0.3, 0.4) is 0 Å². The average Bonchev–Trinajstić information content (AvgIpc) is 3.09. The average molecular weight is 296 g/mol. The van der Waals surface area contributed by atoms with Gasteiger partial charge < -0.3 is 10.5 Å². The lowest BCUT2D eigenvalue weighted by molar-refractivity contribution is 0.226. The largest absolute Gasteiger partial charge is 0.492 e. The van der Waals surface area contributed by atoms with Gasteiger partial charge in [0.25, 0.3) is 0 Å². The standard InChI is InChI=1S/C19H24N2O/c20-19-8-6-16-12-21(13-18(16)19)9-10-22-17-7-5-14-3-1-2-4-15(14)11-17/h1-5,7,11,16,18-19H,6,8-10,12-13,20H2. The highest BCUT2D eigenvalue weighted by molar-refractivity contribution is 5.83. The zero-order valence-electron chi connectivity index (χ0n) is 12.9. The van der Waals surface area contributed by atoms with Gasteiger partial charge in [-0.3, -0.25) is 4.90 Å². The van der Waals surface area contributed by atoms with Gasteiger partial charge in [-0.25, -0.2) is 0 Å². The van der Waals surface area contributed by atoms with E-state index < -0.39 is 0 Å². The lowest BCUT2D eigenvalue weighted by Crippen LogP contribution is -2.32. The van der Waals surface area contributed by atoms with Crippen LogP contribution in [0.15, 0.2) is 42.5 Å². The summed E-state index contributed by atoms with van der Waals surface area (Å²) in [4.78, 5) is 2.52. The lowest BCUT2D eigenvalue weighted by Gasteiger charge is -2.18. The fraction of sp³-hybridized carbons (Fsp3) is 0.474. The Bertz CT molecular complexity index is 657. The Morgan fingerprint density at radius 2 is 1.91 bits per heavy atom. The van der Waals surface area contributed by atoms with Crippen molar-refractivity contribution >= 4 is 10.8 Å². The summed E-state index contributed by atoms with van der Waals surface area (Å²) < 4.78 is 5.95. The minimum Gasteiger partial charge on any atom is -0.492 e. The Kier molecular flexibility index (Phi) is 3.77. The predicted octanol–water partition coefficient (Wildman–Crippen LogP) is 2.89. The Morgan fingerprint density at radius 3 is 2.77 bits per heavy atom. The zero-order valence-corrected chi connectivity index (χ0v) is 12.9. The lowest BCUT2D eigenvalue weighted by atomic mass is 9.98. The highest BCUT2D eigenvalue weighted by atomic mass is 16.5. The maximum absolute atomic E-state index is 6.20. The molecular formula is C19H24N2O. The number of benzene rings is 2. The summed E-state index contributed by atoms with van der Waals surface area (Å²) in [5.41, 5.74) is 6.20. The van der Waals surface area contributed by atoms with Crippen LogP contribution >= 0.6 is 0 Å². The van der Waals surface area contributed by atoms with Gasteiger partial charge in [-0.15, -0.1) is 0 Å². The molecule has 22 heavy (non-hydrogen) atoms. The van der Waals surface area contributed by atoms with E-state index in [9.17, 15) is 0 Å². The molecule has 1 heterocycles. The highest BCUT2D eigenvalue weighted by Crippen LogP contribution is 2.36. The monoisotopic (exact) mass is 296 g/mol. The topological polar surface area (TPSA) is 38.5 Å². The first-order valence-corrected chi connectivity index (χ1v) is 8.39. The van der Waals surface area contributed by atoms with Crippen LogP contribution in [0.2, 0.25) is 0 Å². The van der Waals surface area contributed by atoms with Crippen LogP contribution in [-0.2, 0) is 0 Å². The van der Waals surface area contributed by atoms with E-state index in [1.165, 1.54) is 30.2 Å². The summed E-state index contributed by atoms with van der Waals surface area (Å²) in [7, 11) is 0. The van der Waals surface area contributed by atoms with Crippen LogP contribution in [0.25, 0.3) is 10.8 Å². The van der Waals surface area contributed by atoms with Gasteiger partial charge in [0.1, 0.15) is 12.4 Å². The van der Waals surface area contributed by atoms with Crippen LogP contribution in [-0.4, -0.2) is 37.2 Å². The SMILES string of the molecule is NC1CCC2CN(CCOc3ccc4ccccc4c3)CC12. The molecule has 2 fully saturated rings. The van der Waals surface area contributed by atoms with Crippen LogP contribution in [0, 0.1) is 11.8 Å². The number of nitrogens with two attached hydrogens (primary N) is 1.